The fourth-order valence-corrected chi connectivity index (χ4v) is 2.75. The smallest absolute Gasteiger partial charge is 0.140 e. The first-order valence-electron chi connectivity index (χ1n) is 6.97. The SMILES string of the molecule is CCC(C)n1nc(C2CCCCC2)c(C#N)c1N. The number of nitrogens with zero attached hydrogens (tertiary/aromatic N) is 3. The molecule has 1 unspecified atom stereocenters. The summed E-state index contributed by atoms with van der Waals surface area (Å²) in [6.07, 6.45) is 7.05. The summed E-state index contributed by atoms with van der Waals surface area (Å²) < 4.78 is 1.84. The first kappa shape index (κ1) is 12.9. The zero-order chi connectivity index (χ0) is 13.1. The van der Waals surface area contributed by atoms with Crippen molar-refractivity contribution in [3.8, 4) is 6.07 Å². The first-order valence-corrected chi connectivity index (χ1v) is 6.97. The number of hydrogen-bond donors (Lipinski definition) is 1. The third-order valence-electron chi connectivity index (χ3n) is 4.09. The van der Waals surface area contributed by atoms with Gasteiger partial charge in [0.1, 0.15) is 17.5 Å². The van der Waals surface area contributed by atoms with Crippen LogP contribution in [0.5, 0.6) is 0 Å². The Kier molecular flexibility index (Phi) is 3.90. The van der Waals surface area contributed by atoms with Crippen molar-refractivity contribution >= 4 is 5.82 Å². The first-order chi connectivity index (χ1) is 8.69. The van der Waals surface area contributed by atoms with E-state index in [0.717, 1.165) is 25.0 Å². The Balaban J connectivity index is 2.37. The Hall–Kier alpha value is -1.50. The van der Waals surface area contributed by atoms with Crippen molar-refractivity contribution in [1.29, 1.82) is 5.26 Å². The lowest BCUT2D eigenvalue weighted by molar-refractivity contribution is 0.421. The van der Waals surface area contributed by atoms with E-state index in [1.54, 1.807) is 0 Å². The van der Waals surface area contributed by atoms with Crippen LogP contribution in [0.1, 0.15) is 75.6 Å². The van der Waals surface area contributed by atoms with Crippen LogP contribution >= 0.6 is 0 Å². The quantitative estimate of drug-likeness (QED) is 0.889. The molecule has 2 N–H and O–H groups in total. The molecule has 98 valence electrons. The van der Waals surface area contributed by atoms with Gasteiger partial charge in [0, 0.05) is 5.92 Å². The topological polar surface area (TPSA) is 67.6 Å². The number of nitrogen functional groups attached to an aromatic ring is 1. The van der Waals surface area contributed by atoms with Crippen LogP contribution < -0.4 is 5.73 Å². The summed E-state index contributed by atoms with van der Waals surface area (Å²) in [6.45, 7) is 4.20. The van der Waals surface area contributed by atoms with E-state index in [4.69, 9.17) is 5.73 Å². The Morgan fingerprint density at radius 1 is 1.44 bits per heavy atom. The van der Waals surface area contributed by atoms with Gasteiger partial charge in [-0.25, -0.2) is 4.68 Å². The molecule has 1 saturated carbocycles. The molecule has 1 fully saturated rings. The number of rotatable bonds is 3. The van der Waals surface area contributed by atoms with Crippen molar-refractivity contribution in [3.63, 3.8) is 0 Å². The summed E-state index contributed by atoms with van der Waals surface area (Å²) in [5.41, 5.74) is 7.63. The highest BCUT2D eigenvalue weighted by Gasteiger charge is 2.25. The van der Waals surface area contributed by atoms with Gasteiger partial charge in [0.15, 0.2) is 0 Å². The predicted octanol–water partition coefficient (Wildman–Crippen LogP) is 3.36. The van der Waals surface area contributed by atoms with E-state index in [9.17, 15) is 5.26 Å². The average molecular weight is 246 g/mol. The van der Waals surface area contributed by atoms with Gasteiger partial charge in [-0.2, -0.15) is 10.4 Å². The van der Waals surface area contributed by atoms with E-state index < -0.39 is 0 Å². The van der Waals surface area contributed by atoms with Crippen LogP contribution in [0, 0.1) is 11.3 Å². The van der Waals surface area contributed by atoms with Crippen LogP contribution in [-0.2, 0) is 0 Å². The fraction of sp³-hybridized carbons (Fsp3) is 0.714. The molecule has 1 aliphatic rings. The number of nitriles is 1. The molecule has 1 heterocycles. The summed E-state index contributed by atoms with van der Waals surface area (Å²) in [7, 11) is 0. The molecule has 0 amide bonds. The van der Waals surface area contributed by atoms with E-state index >= 15 is 0 Å². The predicted molar refractivity (Wildman–Crippen MR) is 72.2 cm³/mol. The van der Waals surface area contributed by atoms with Crippen molar-refractivity contribution in [2.75, 3.05) is 5.73 Å². The Bertz CT molecular complexity index is 449. The molecule has 2 rings (SSSR count). The van der Waals surface area contributed by atoms with E-state index in [0.29, 0.717) is 17.3 Å². The van der Waals surface area contributed by atoms with Gasteiger partial charge in [-0.1, -0.05) is 26.2 Å². The Morgan fingerprint density at radius 2 is 2.11 bits per heavy atom. The molecule has 0 saturated heterocycles. The minimum atomic E-state index is 0.259. The molecule has 4 nitrogen and oxygen atoms in total. The lowest BCUT2D eigenvalue weighted by Gasteiger charge is -2.19. The molecule has 0 bridgehead atoms. The summed E-state index contributed by atoms with van der Waals surface area (Å²) in [5.74, 6) is 0.980. The molecule has 1 atom stereocenters. The highest BCUT2D eigenvalue weighted by molar-refractivity contribution is 5.53. The van der Waals surface area contributed by atoms with Gasteiger partial charge in [-0.15, -0.1) is 0 Å². The number of nitrogens with two attached hydrogens (primary N) is 1. The molecule has 1 aromatic rings. The van der Waals surface area contributed by atoms with Gasteiger partial charge in [-0.3, -0.25) is 0 Å². The standard InChI is InChI=1S/C14H22N4/c1-3-10(2)18-14(16)12(9-15)13(17-18)11-7-5-4-6-8-11/h10-11H,3-8,16H2,1-2H3. The Morgan fingerprint density at radius 3 is 2.67 bits per heavy atom. The maximum Gasteiger partial charge on any atom is 0.140 e. The van der Waals surface area contributed by atoms with Gasteiger partial charge in [0.25, 0.3) is 0 Å². The van der Waals surface area contributed by atoms with Crippen LogP contribution in [0.25, 0.3) is 0 Å². The molecular formula is C14H22N4. The van der Waals surface area contributed by atoms with Crippen molar-refractivity contribution in [2.24, 2.45) is 0 Å². The third kappa shape index (κ3) is 2.22. The van der Waals surface area contributed by atoms with E-state index in [2.05, 4.69) is 25.0 Å². The number of hydrogen-bond acceptors (Lipinski definition) is 3. The zero-order valence-corrected chi connectivity index (χ0v) is 11.3. The monoisotopic (exact) mass is 246 g/mol. The molecule has 0 spiro atoms. The molecule has 18 heavy (non-hydrogen) atoms. The van der Waals surface area contributed by atoms with Crippen LogP contribution in [0.4, 0.5) is 5.82 Å². The van der Waals surface area contributed by atoms with E-state index in [1.165, 1.54) is 19.3 Å². The molecule has 1 aliphatic carbocycles. The minimum Gasteiger partial charge on any atom is -0.383 e. The maximum absolute atomic E-state index is 9.31. The lowest BCUT2D eigenvalue weighted by Crippen LogP contribution is -2.10. The van der Waals surface area contributed by atoms with Crippen molar-refractivity contribution < 1.29 is 0 Å². The summed E-state index contributed by atoms with van der Waals surface area (Å²) in [6, 6.07) is 2.51. The normalized spacial score (nSPS) is 18.5. The van der Waals surface area contributed by atoms with E-state index in [-0.39, 0.29) is 6.04 Å². The average Bonchev–Trinajstić information content (AvgIpc) is 2.76. The van der Waals surface area contributed by atoms with Crippen molar-refractivity contribution in [3.05, 3.63) is 11.3 Å². The highest BCUT2D eigenvalue weighted by atomic mass is 15.3. The van der Waals surface area contributed by atoms with Gasteiger partial charge in [-0.05, 0) is 26.2 Å². The summed E-state index contributed by atoms with van der Waals surface area (Å²) in [5, 5.41) is 14.0. The number of anilines is 1. The highest BCUT2D eigenvalue weighted by Crippen LogP contribution is 2.36. The van der Waals surface area contributed by atoms with Crippen LogP contribution in [0.2, 0.25) is 0 Å². The molecular weight excluding hydrogens is 224 g/mol. The summed E-state index contributed by atoms with van der Waals surface area (Å²) >= 11 is 0. The molecule has 4 heteroatoms. The van der Waals surface area contributed by atoms with Crippen molar-refractivity contribution in [1.82, 2.24) is 9.78 Å². The maximum atomic E-state index is 9.31. The fourth-order valence-electron chi connectivity index (χ4n) is 2.75. The molecule has 0 radical (unpaired) electrons. The largest absolute Gasteiger partial charge is 0.383 e. The van der Waals surface area contributed by atoms with Crippen molar-refractivity contribution in [2.45, 2.75) is 64.3 Å². The second-order valence-electron chi connectivity index (χ2n) is 5.29. The molecule has 1 aromatic heterocycles. The minimum absolute atomic E-state index is 0.259. The van der Waals surface area contributed by atoms with Gasteiger partial charge in [0.2, 0.25) is 0 Å². The number of aromatic nitrogens is 2. The molecule has 0 aliphatic heterocycles. The second-order valence-corrected chi connectivity index (χ2v) is 5.29. The Labute approximate surface area is 109 Å². The second kappa shape index (κ2) is 5.43. The van der Waals surface area contributed by atoms with Crippen LogP contribution in [0.3, 0.4) is 0 Å². The van der Waals surface area contributed by atoms with E-state index in [1.807, 2.05) is 4.68 Å². The zero-order valence-electron chi connectivity index (χ0n) is 11.3. The van der Waals surface area contributed by atoms with Gasteiger partial charge < -0.3 is 5.73 Å². The third-order valence-corrected chi connectivity index (χ3v) is 4.09. The lowest BCUT2D eigenvalue weighted by atomic mass is 9.85. The molecule has 0 aromatic carbocycles. The van der Waals surface area contributed by atoms with Gasteiger partial charge in [0.05, 0.1) is 11.7 Å². The van der Waals surface area contributed by atoms with Crippen LogP contribution in [-0.4, -0.2) is 9.78 Å². The summed E-state index contributed by atoms with van der Waals surface area (Å²) in [4.78, 5) is 0. The van der Waals surface area contributed by atoms with Gasteiger partial charge >= 0.3 is 0 Å². The van der Waals surface area contributed by atoms with Crippen LogP contribution in [0.15, 0.2) is 0 Å².